The number of carbonyl (C=O) groups is 1. The van der Waals surface area contributed by atoms with Crippen LogP contribution in [0.3, 0.4) is 0 Å². The van der Waals surface area contributed by atoms with E-state index in [1.165, 1.54) is 0 Å². The first-order valence-corrected chi connectivity index (χ1v) is 8.76. The van der Waals surface area contributed by atoms with Gasteiger partial charge in [-0.05, 0) is 30.4 Å². The quantitative estimate of drug-likeness (QED) is 0.836. The SMILES string of the molecule is O=C([C@@H]1C[C@@H]1c1cccc(Cl)c1Cl)N1CCCS1(=O)=O. The monoisotopic (exact) mass is 333 g/mol. The predicted octanol–water partition coefficient (Wildman–Crippen LogP) is 2.66. The highest BCUT2D eigenvalue weighted by molar-refractivity contribution is 7.89. The molecule has 2 fully saturated rings. The third-order valence-corrected chi connectivity index (χ3v) is 6.51. The summed E-state index contributed by atoms with van der Waals surface area (Å²) in [4.78, 5) is 12.3. The summed E-state index contributed by atoms with van der Waals surface area (Å²) >= 11 is 12.1. The largest absolute Gasteiger partial charge is 0.273 e. The van der Waals surface area contributed by atoms with E-state index in [-0.39, 0.29) is 23.5 Å². The van der Waals surface area contributed by atoms with E-state index in [0.29, 0.717) is 29.4 Å². The zero-order valence-electron chi connectivity index (χ0n) is 10.6. The van der Waals surface area contributed by atoms with E-state index in [9.17, 15) is 13.2 Å². The standard InChI is InChI=1S/C13H13Cl2NO3S/c14-11-4-1-3-8(12(11)15)9-7-10(9)13(17)16-5-2-6-20(16,18)19/h1,3-4,9-10H,2,5-7H2/t9-,10-/m1/s1. The molecule has 0 radical (unpaired) electrons. The van der Waals surface area contributed by atoms with E-state index in [2.05, 4.69) is 0 Å². The van der Waals surface area contributed by atoms with Gasteiger partial charge in [0.25, 0.3) is 0 Å². The molecule has 0 bridgehead atoms. The predicted molar refractivity (Wildman–Crippen MR) is 77.4 cm³/mol. The zero-order valence-corrected chi connectivity index (χ0v) is 12.9. The lowest BCUT2D eigenvalue weighted by atomic mass is 10.1. The lowest BCUT2D eigenvalue weighted by Gasteiger charge is -2.14. The number of halogens is 2. The van der Waals surface area contributed by atoms with E-state index >= 15 is 0 Å². The Morgan fingerprint density at radius 2 is 2.05 bits per heavy atom. The van der Waals surface area contributed by atoms with Crippen LogP contribution in [0.4, 0.5) is 0 Å². The fourth-order valence-corrected chi connectivity index (χ4v) is 4.67. The van der Waals surface area contributed by atoms with E-state index in [1.807, 2.05) is 6.07 Å². The molecule has 1 saturated carbocycles. The normalized spacial score (nSPS) is 27.6. The molecule has 2 atom stereocenters. The van der Waals surface area contributed by atoms with Gasteiger partial charge in [-0.25, -0.2) is 12.7 Å². The molecule has 1 heterocycles. The van der Waals surface area contributed by atoms with Crippen LogP contribution in [0.5, 0.6) is 0 Å². The lowest BCUT2D eigenvalue weighted by molar-refractivity contribution is -0.127. The molecule has 108 valence electrons. The fourth-order valence-electron chi connectivity index (χ4n) is 2.69. The summed E-state index contributed by atoms with van der Waals surface area (Å²) in [6.45, 7) is 0.299. The summed E-state index contributed by atoms with van der Waals surface area (Å²) in [5, 5.41) is 0.912. The molecule has 1 saturated heterocycles. The first-order chi connectivity index (χ1) is 9.42. The van der Waals surface area contributed by atoms with Crippen LogP contribution in [-0.2, 0) is 14.8 Å². The van der Waals surface area contributed by atoms with Crippen molar-refractivity contribution in [3.05, 3.63) is 33.8 Å². The Kier molecular flexibility index (Phi) is 3.47. The van der Waals surface area contributed by atoms with Gasteiger partial charge >= 0.3 is 0 Å². The van der Waals surface area contributed by atoms with Crippen LogP contribution >= 0.6 is 23.2 Å². The minimum Gasteiger partial charge on any atom is -0.273 e. The van der Waals surface area contributed by atoms with Gasteiger partial charge in [-0.15, -0.1) is 0 Å². The van der Waals surface area contributed by atoms with Crippen molar-refractivity contribution in [3.63, 3.8) is 0 Å². The Balaban J connectivity index is 1.79. The number of sulfonamides is 1. The van der Waals surface area contributed by atoms with Crippen molar-refractivity contribution in [2.45, 2.75) is 18.8 Å². The molecule has 1 amide bonds. The second kappa shape index (κ2) is 4.90. The van der Waals surface area contributed by atoms with Crippen molar-refractivity contribution < 1.29 is 13.2 Å². The van der Waals surface area contributed by atoms with Crippen molar-refractivity contribution in [2.24, 2.45) is 5.92 Å². The van der Waals surface area contributed by atoms with Crippen LogP contribution in [0.1, 0.15) is 24.3 Å². The van der Waals surface area contributed by atoms with Gasteiger partial charge in [0.1, 0.15) is 0 Å². The topological polar surface area (TPSA) is 54.5 Å². The van der Waals surface area contributed by atoms with Crippen molar-refractivity contribution in [1.82, 2.24) is 4.31 Å². The molecule has 1 aromatic carbocycles. The Hall–Kier alpha value is -0.780. The molecule has 20 heavy (non-hydrogen) atoms. The molecule has 1 aliphatic heterocycles. The summed E-state index contributed by atoms with van der Waals surface area (Å²) < 4.78 is 24.5. The maximum absolute atomic E-state index is 12.3. The van der Waals surface area contributed by atoms with E-state index in [0.717, 1.165) is 9.87 Å². The number of rotatable bonds is 2. The van der Waals surface area contributed by atoms with Crippen molar-refractivity contribution in [2.75, 3.05) is 12.3 Å². The number of hydrogen-bond donors (Lipinski definition) is 0. The van der Waals surface area contributed by atoms with E-state index in [1.54, 1.807) is 12.1 Å². The molecule has 4 nitrogen and oxygen atoms in total. The molecule has 0 unspecified atom stereocenters. The van der Waals surface area contributed by atoms with Crippen LogP contribution in [0.25, 0.3) is 0 Å². The van der Waals surface area contributed by atoms with Crippen LogP contribution in [0, 0.1) is 5.92 Å². The third-order valence-electron chi connectivity index (χ3n) is 3.83. The molecular formula is C13H13Cl2NO3S. The van der Waals surface area contributed by atoms with E-state index < -0.39 is 10.0 Å². The number of nitrogens with zero attached hydrogens (tertiary/aromatic N) is 1. The Labute approximate surface area is 127 Å². The highest BCUT2D eigenvalue weighted by atomic mass is 35.5. The Morgan fingerprint density at radius 3 is 2.70 bits per heavy atom. The molecule has 0 N–H and O–H groups in total. The summed E-state index contributed by atoms with van der Waals surface area (Å²) in [5.74, 6) is -0.555. The average molecular weight is 334 g/mol. The highest BCUT2D eigenvalue weighted by Gasteiger charge is 2.49. The van der Waals surface area contributed by atoms with Gasteiger partial charge in [0.2, 0.25) is 15.9 Å². The second-order valence-electron chi connectivity index (χ2n) is 5.17. The van der Waals surface area contributed by atoms with Gasteiger partial charge in [0, 0.05) is 12.5 Å². The van der Waals surface area contributed by atoms with Crippen molar-refractivity contribution in [3.8, 4) is 0 Å². The minimum atomic E-state index is -3.39. The van der Waals surface area contributed by atoms with Gasteiger partial charge in [-0.3, -0.25) is 4.79 Å². The van der Waals surface area contributed by atoms with E-state index in [4.69, 9.17) is 23.2 Å². The maximum Gasteiger partial charge on any atom is 0.239 e. The van der Waals surface area contributed by atoms with Crippen molar-refractivity contribution in [1.29, 1.82) is 0 Å². The molecule has 0 aromatic heterocycles. The molecule has 0 spiro atoms. The number of benzene rings is 1. The molecule has 1 aromatic rings. The van der Waals surface area contributed by atoms with Crippen LogP contribution in [0.2, 0.25) is 10.0 Å². The zero-order chi connectivity index (χ0) is 14.5. The second-order valence-corrected chi connectivity index (χ2v) is 7.97. The first-order valence-electron chi connectivity index (χ1n) is 6.40. The molecular weight excluding hydrogens is 321 g/mol. The summed E-state index contributed by atoms with van der Waals surface area (Å²) in [7, 11) is -3.39. The molecule has 7 heteroatoms. The van der Waals surface area contributed by atoms with Gasteiger partial charge in [0.05, 0.1) is 15.8 Å². The minimum absolute atomic E-state index is 0.0236. The Bertz CT molecular complexity index is 674. The lowest BCUT2D eigenvalue weighted by Crippen LogP contribution is -2.34. The Morgan fingerprint density at radius 1 is 1.30 bits per heavy atom. The first kappa shape index (κ1) is 14.2. The number of hydrogen-bond acceptors (Lipinski definition) is 3. The van der Waals surface area contributed by atoms with Crippen LogP contribution < -0.4 is 0 Å². The highest BCUT2D eigenvalue weighted by Crippen LogP contribution is 2.51. The summed E-state index contributed by atoms with van der Waals surface area (Å²) in [6, 6.07) is 5.32. The van der Waals surface area contributed by atoms with Crippen LogP contribution in [0.15, 0.2) is 18.2 Å². The molecule has 1 aliphatic carbocycles. The van der Waals surface area contributed by atoms with Crippen LogP contribution in [-0.4, -0.2) is 30.9 Å². The molecule has 2 aliphatic rings. The average Bonchev–Trinajstić information content (AvgIpc) is 3.09. The van der Waals surface area contributed by atoms with Gasteiger partial charge in [-0.2, -0.15) is 0 Å². The maximum atomic E-state index is 12.3. The van der Waals surface area contributed by atoms with Gasteiger partial charge < -0.3 is 0 Å². The number of carbonyl (C=O) groups excluding carboxylic acids is 1. The fraction of sp³-hybridized carbons (Fsp3) is 0.462. The van der Waals surface area contributed by atoms with Gasteiger partial charge in [-0.1, -0.05) is 35.3 Å². The molecule has 3 rings (SSSR count). The summed E-state index contributed by atoms with van der Waals surface area (Å²) in [6.07, 6.45) is 1.15. The van der Waals surface area contributed by atoms with Crippen molar-refractivity contribution >= 4 is 39.1 Å². The number of amides is 1. The smallest absolute Gasteiger partial charge is 0.239 e. The third kappa shape index (κ3) is 2.32. The summed E-state index contributed by atoms with van der Waals surface area (Å²) in [5.41, 5.74) is 0.828. The van der Waals surface area contributed by atoms with Gasteiger partial charge in [0.15, 0.2) is 0 Å².